The first-order valence-electron chi connectivity index (χ1n) is 5.02. The standard InChI is InChI=1S/C10H12N4O/c1-13-4-5-14-10(13)7(9(11)15)8(12-14)6-2-3-6/h4-6H,2-3H2,1H3,(H2,11,15). The summed E-state index contributed by atoms with van der Waals surface area (Å²) in [6.07, 6.45) is 5.94. The van der Waals surface area contributed by atoms with Crippen LogP contribution in [-0.4, -0.2) is 20.1 Å². The molecule has 15 heavy (non-hydrogen) atoms. The van der Waals surface area contributed by atoms with Gasteiger partial charge >= 0.3 is 0 Å². The second kappa shape index (κ2) is 2.62. The summed E-state index contributed by atoms with van der Waals surface area (Å²) in [4.78, 5) is 11.4. The van der Waals surface area contributed by atoms with Crippen molar-refractivity contribution in [2.45, 2.75) is 18.8 Å². The third kappa shape index (κ3) is 1.09. The molecule has 0 spiro atoms. The highest BCUT2D eigenvalue weighted by atomic mass is 16.1. The van der Waals surface area contributed by atoms with Crippen LogP contribution in [0.15, 0.2) is 12.4 Å². The summed E-state index contributed by atoms with van der Waals surface area (Å²) in [7, 11) is 1.89. The molecule has 2 N–H and O–H groups in total. The predicted octanol–water partition coefficient (Wildman–Crippen LogP) is 0.649. The summed E-state index contributed by atoms with van der Waals surface area (Å²) in [6, 6.07) is 0. The first-order chi connectivity index (χ1) is 7.18. The molecule has 0 radical (unpaired) electrons. The topological polar surface area (TPSA) is 65.3 Å². The van der Waals surface area contributed by atoms with E-state index < -0.39 is 0 Å². The van der Waals surface area contributed by atoms with Crippen LogP contribution in [0, 0.1) is 0 Å². The van der Waals surface area contributed by atoms with Gasteiger partial charge in [-0.3, -0.25) is 4.79 Å². The van der Waals surface area contributed by atoms with Crippen LogP contribution >= 0.6 is 0 Å². The lowest BCUT2D eigenvalue weighted by atomic mass is 10.1. The number of aromatic nitrogens is 3. The van der Waals surface area contributed by atoms with Crippen molar-refractivity contribution in [3.63, 3.8) is 0 Å². The molecule has 2 aromatic rings. The van der Waals surface area contributed by atoms with E-state index in [0.717, 1.165) is 24.2 Å². The van der Waals surface area contributed by atoms with E-state index in [1.54, 1.807) is 4.52 Å². The van der Waals surface area contributed by atoms with Crippen LogP contribution < -0.4 is 5.73 Å². The summed E-state index contributed by atoms with van der Waals surface area (Å²) in [5.74, 6) is 0.0566. The molecule has 1 aliphatic rings. The van der Waals surface area contributed by atoms with Crippen molar-refractivity contribution in [1.29, 1.82) is 0 Å². The monoisotopic (exact) mass is 204 g/mol. The Balaban J connectivity index is 2.34. The van der Waals surface area contributed by atoms with Crippen LogP contribution in [0.4, 0.5) is 0 Å². The maximum absolute atomic E-state index is 11.4. The molecular formula is C10H12N4O. The molecule has 1 fully saturated rings. The van der Waals surface area contributed by atoms with Gasteiger partial charge in [0.15, 0.2) is 0 Å². The van der Waals surface area contributed by atoms with Crippen LogP contribution in [0.1, 0.15) is 34.8 Å². The summed E-state index contributed by atoms with van der Waals surface area (Å²) < 4.78 is 3.60. The maximum atomic E-state index is 11.4. The van der Waals surface area contributed by atoms with Crippen molar-refractivity contribution in [3.05, 3.63) is 23.7 Å². The van der Waals surface area contributed by atoms with Crippen LogP contribution in [-0.2, 0) is 7.05 Å². The van der Waals surface area contributed by atoms with Crippen LogP contribution in [0.3, 0.4) is 0 Å². The smallest absolute Gasteiger partial charge is 0.254 e. The Morgan fingerprint density at radius 2 is 2.27 bits per heavy atom. The van der Waals surface area contributed by atoms with Crippen molar-refractivity contribution in [1.82, 2.24) is 14.2 Å². The molecule has 78 valence electrons. The summed E-state index contributed by atoms with van der Waals surface area (Å²) in [5.41, 5.74) is 7.67. The fourth-order valence-electron chi connectivity index (χ4n) is 2.00. The molecule has 5 nitrogen and oxygen atoms in total. The highest BCUT2D eigenvalue weighted by Crippen LogP contribution is 2.41. The number of aryl methyl sites for hydroxylation is 1. The zero-order valence-corrected chi connectivity index (χ0v) is 8.47. The van der Waals surface area contributed by atoms with Gasteiger partial charge in [-0.2, -0.15) is 5.10 Å². The summed E-state index contributed by atoms with van der Waals surface area (Å²) in [6.45, 7) is 0. The number of nitrogens with two attached hydrogens (primary N) is 1. The van der Waals surface area contributed by atoms with Gasteiger partial charge in [-0.25, -0.2) is 4.52 Å². The Morgan fingerprint density at radius 3 is 2.87 bits per heavy atom. The number of nitrogens with zero attached hydrogens (tertiary/aromatic N) is 3. The van der Waals surface area contributed by atoms with E-state index in [-0.39, 0.29) is 5.91 Å². The van der Waals surface area contributed by atoms with Crippen molar-refractivity contribution in [3.8, 4) is 0 Å². The number of carbonyl (C=O) groups is 1. The fraction of sp³-hybridized carbons (Fsp3) is 0.400. The number of hydrogen-bond donors (Lipinski definition) is 1. The minimum Gasteiger partial charge on any atom is -0.365 e. The van der Waals surface area contributed by atoms with E-state index in [0.29, 0.717) is 11.5 Å². The molecule has 0 bridgehead atoms. The number of primary amides is 1. The molecule has 0 saturated heterocycles. The second-order valence-electron chi connectivity index (χ2n) is 4.08. The largest absolute Gasteiger partial charge is 0.365 e. The summed E-state index contributed by atoms with van der Waals surface area (Å²) >= 11 is 0. The SMILES string of the molecule is Cn1ccn2nc(C3CC3)c(C(N)=O)c12. The van der Waals surface area contributed by atoms with Gasteiger partial charge in [-0.1, -0.05) is 0 Å². The lowest BCUT2D eigenvalue weighted by molar-refractivity contribution is 0.100. The molecular weight excluding hydrogens is 192 g/mol. The second-order valence-corrected chi connectivity index (χ2v) is 4.08. The molecule has 0 aliphatic heterocycles. The molecule has 5 heteroatoms. The number of carbonyl (C=O) groups excluding carboxylic acids is 1. The van der Waals surface area contributed by atoms with Crippen molar-refractivity contribution < 1.29 is 4.79 Å². The molecule has 1 amide bonds. The van der Waals surface area contributed by atoms with Crippen LogP contribution in [0.5, 0.6) is 0 Å². The van der Waals surface area contributed by atoms with Gasteiger partial charge < -0.3 is 10.3 Å². The molecule has 0 atom stereocenters. The number of amides is 1. The highest BCUT2D eigenvalue weighted by molar-refractivity contribution is 6.00. The fourth-order valence-corrected chi connectivity index (χ4v) is 2.00. The van der Waals surface area contributed by atoms with Gasteiger partial charge in [0, 0.05) is 25.4 Å². The first-order valence-corrected chi connectivity index (χ1v) is 5.02. The third-order valence-electron chi connectivity index (χ3n) is 2.89. The number of imidazole rings is 1. The molecule has 3 rings (SSSR count). The molecule has 1 saturated carbocycles. The van der Waals surface area contributed by atoms with Crippen LogP contribution in [0.2, 0.25) is 0 Å². The lowest BCUT2D eigenvalue weighted by Gasteiger charge is -1.97. The quantitative estimate of drug-likeness (QED) is 0.780. The Labute approximate surface area is 86.5 Å². The average molecular weight is 204 g/mol. The lowest BCUT2D eigenvalue weighted by Crippen LogP contribution is -2.13. The van der Waals surface area contributed by atoms with Gasteiger partial charge in [-0.15, -0.1) is 0 Å². The van der Waals surface area contributed by atoms with Crippen LogP contribution in [0.25, 0.3) is 5.65 Å². The Bertz CT molecular complexity index is 547. The normalized spacial score (nSPS) is 16.1. The molecule has 0 aromatic carbocycles. The minimum atomic E-state index is -0.381. The zero-order valence-electron chi connectivity index (χ0n) is 8.47. The number of fused-ring (bicyclic) bond motifs is 1. The van der Waals surface area contributed by atoms with Gasteiger partial charge in [0.2, 0.25) is 0 Å². The molecule has 2 heterocycles. The van der Waals surface area contributed by atoms with E-state index in [4.69, 9.17) is 5.73 Å². The molecule has 2 aromatic heterocycles. The Morgan fingerprint density at radius 1 is 1.53 bits per heavy atom. The van der Waals surface area contributed by atoms with Crippen molar-refractivity contribution in [2.24, 2.45) is 12.8 Å². The zero-order chi connectivity index (χ0) is 10.6. The first kappa shape index (κ1) is 8.52. The van der Waals surface area contributed by atoms with Gasteiger partial charge in [0.25, 0.3) is 5.91 Å². The van der Waals surface area contributed by atoms with E-state index in [9.17, 15) is 4.79 Å². The van der Waals surface area contributed by atoms with E-state index in [1.807, 2.05) is 24.0 Å². The average Bonchev–Trinajstić information content (AvgIpc) is 2.86. The maximum Gasteiger partial charge on any atom is 0.254 e. The van der Waals surface area contributed by atoms with E-state index >= 15 is 0 Å². The Hall–Kier alpha value is -1.78. The van der Waals surface area contributed by atoms with Gasteiger partial charge in [-0.05, 0) is 12.8 Å². The van der Waals surface area contributed by atoms with Crippen molar-refractivity contribution in [2.75, 3.05) is 0 Å². The number of hydrogen-bond acceptors (Lipinski definition) is 2. The molecule has 0 unspecified atom stereocenters. The predicted molar refractivity (Wildman–Crippen MR) is 54.7 cm³/mol. The summed E-state index contributed by atoms with van der Waals surface area (Å²) in [5, 5.41) is 4.41. The third-order valence-corrected chi connectivity index (χ3v) is 2.89. The van der Waals surface area contributed by atoms with Gasteiger partial charge in [0.05, 0.1) is 5.69 Å². The van der Waals surface area contributed by atoms with E-state index in [1.165, 1.54) is 0 Å². The van der Waals surface area contributed by atoms with Crippen molar-refractivity contribution >= 4 is 11.6 Å². The Kier molecular flexibility index (Phi) is 1.49. The van der Waals surface area contributed by atoms with E-state index in [2.05, 4.69) is 5.10 Å². The highest BCUT2D eigenvalue weighted by Gasteiger charge is 2.32. The molecule has 1 aliphatic carbocycles. The minimum absolute atomic E-state index is 0.381. The number of rotatable bonds is 2. The van der Waals surface area contributed by atoms with Gasteiger partial charge in [0.1, 0.15) is 11.2 Å².